The summed E-state index contributed by atoms with van der Waals surface area (Å²) in [7, 11) is 1.64. The van der Waals surface area contributed by atoms with E-state index < -0.39 is 5.60 Å². The minimum absolute atomic E-state index is 0.0269. The number of nitrogens with one attached hydrogen (secondary N) is 1. The molecule has 0 spiro atoms. The lowest BCUT2D eigenvalue weighted by Crippen LogP contribution is -2.53. The van der Waals surface area contributed by atoms with Gasteiger partial charge in [0.2, 0.25) is 0 Å². The number of rotatable bonds is 4. The second-order valence-corrected chi connectivity index (χ2v) is 6.19. The number of aliphatic hydroxyl groups is 1. The molecule has 2 N–H and O–H groups in total. The van der Waals surface area contributed by atoms with Gasteiger partial charge in [-0.05, 0) is 31.4 Å². The monoisotopic (exact) mass is 306 g/mol. The summed E-state index contributed by atoms with van der Waals surface area (Å²) in [6.45, 7) is 5.61. The second-order valence-electron chi connectivity index (χ2n) is 6.19. The molecule has 1 heterocycles. The largest absolute Gasteiger partial charge is 0.389 e. The molecule has 0 bridgehead atoms. The fraction of sp³-hybridized carbons (Fsp3) is 0.588. The van der Waals surface area contributed by atoms with Crippen molar-refractivity contribution in [3.63, 3.8) is 0 Å². The Kier molecular flexibility index (Phi) is 5.42. The van der Waals surface area contributed by atoms with Crippen molar-refractivity contribution >= 4 is 11.7 Å². The summed E-state index contributed by atoms with van der Waals surface area (Å²) in [4.78, 5) is 14.2. The molecule has 1 fully saturated rings. The number of likely N-dealkylation sites (tertiary alicyclic amines) is 1. The first-order valence-electron chi connectivity index (χ1n) is 7.79. The Bertz CT molecular complexity index is 520. The summed E-state index contributed by atoms with van der Waals surface area (Å²) >= 11 is 0. The van der Waals surface area contributed by atoms with Gasteiger partial charge in [0, 0.05) is 38.4 Å². The fourth-order valence-corrected chi connectivity index (χ4v) is 2.91. The Morgan fingerprint density at radius 2 is 2.23 bits per heavy atom. The number of aryl methyl sites for hydroxylation is 1. The van der Waals surface area contributed by atoms with Gasteiger partial charge < -0.3 is 20.1 Å². The molecular formula is C17H26N2O3. The first kappa shape index (κ1) is 16.8. The van der Waals surface area contributed by atoms with E-state index in [1.165, 1.54) is 0 Å². The van der Waals surface area contributed by atoms with Gasteiger partial charge >= 0.3 is 6.03 Å². The number of methoxy groups -OCH3 is 1. The Morgan fingerprint density at radius 3 is 2.86 bits per heavy atom. The number of benzene rings is 1. The predicted octanol–water partition coefficient (Wildman–Crippen LogP) is 2.64. The standard InChI is InChI=1S/C17H26N2O3/c1-13-6-4-5-7-15(13)18-16(20)19-10-8-17(21,9-11-22-3)14(2)12-19/h4-7,14,21H,8-12H2,1-3H3,(H,18,20)/t14-,17-/m1/s1. The zero-order chi connectivity index (χ0) is 16.2. The predicted molar refractivity (Wildman–Crippen MR) is 87.0 cm³/mol. The lowest BCUT2D eigenvalue weighted by Gasteiger charge is -2.43. The zero-order valence-corrected chi connectivity index (χ0v) is 13.6. The highest BCUT2D eigenvalue weighted by Crippen LogP contribution is 2.31. The maximum atomic E-state index is 12.4. The summed E-state index contributed by atoms with van der Waals surface area (Å²) in [5.41, 5.74) is 1.13. The van der Waals surface area contributed by atoms with E-state index in [9.17, 15) is 9.90 Å². The lowest BCUT2D eigenvalue weighted by molar-refractivity contribution is -0.0725. The van der Waals surface area contributed by atoms with Gasteiger partial charge in [0.15, 0.2) is 0 Å². The Morgan fingerprint density at radius 1 is 1.50 bits per heavy atom. The molecule has 2 rings (SSSR count). The van der Waals surface area contributed by atoms with Crippen LogP contribution in [-0.4, -0.2) is 48.4 Å². The van der Waals surface area contributed by atoms with Crippen LogP contribution in [0.3, 0.4) is 0 Å². The van der Waals surface area contributed by atoms with Crippen LogP contribution in [0.15, 0.2) is 24.3 Å². The molecule has 122 valence electrons. The van der Waals surface area contributed by atoms with E-state index in [4.69, 9.17) is 4.74 Å². The lowest BCUT2D eigenvalue weighted by atomic mass is 9.80. The Balaban J connectivity index is 1.95. The number of carbonyl (C=O) groups is 1. The fourth-order valence-electron chi connectivity index (χ4n) is 2.91. The molecule has 0 saturated carbocycles. The highest BCUT2D eigenvalue weighted by atomic mass is 16.5. The van der Waals surface area contributed by atoms with E-state index in [1.807, 2.05) is 38.1 Å². The van der Waals surface area contributed by atoms with Crippen LogP contribution in [0.25, 0.3) is 0 Å². The highest BCUT2D eigenvalue weighted by Gasteiger charge is 2.39. The molecule has 1 aliphatic heterocycles. The summed E-state index contributed by atoms with van der Waals surface area (Å²) in [6, 6.07) is 7.62. The van der Waals surface area contributed by atoms with Gasteiger partial charge in [0.05, 0.1) is 5.60 Å². The smallest absolute Gasteiger partial charge is 0.321 e. The SMILES string of the molecule is COCC[C@]1(O)CCN(C(=O)Nc2ccccc2C)C[C@H]1C. The Hall–Kier alpha value is -1.59. The van der Waals surface area contributed by atoms with Gasteiger partial charge in [-0.15, -0.1) is 0 Å². The number of urea groups is 1. The van der Waals surface area contributed by atoms with E-state index >= 15 is 0 Å². The molecule has 0 unspecified atom stereocenters. The first-order chi connectivity index (χ1) is 10.5. The maximum Gasteiger partial charge on any atom is 0.321 e. The summed E-state index contributed by atoms with van der Waals surface area (Å²) < 4.78 is 5.07. The normalized spacial score (nSPS) is 25.1. The van der Waals surface area contributed by atoms with Crippen LogP contribution in [-0.2, 0) is 4.74 Å². The highest BCUT2D eigenvalue weighted by molar-refractivity contribution is 5.90. The number of para-hydroxylation sites is 1. The van der Waals surface area contributed by atoms with Crippen LogP contribution < -0.4 is 5.32 Å². The second kappa shape index (κ2) is 7.11. The number of carbonyl (C=O) groups excluding carboxylic acids is 1. The van der Waals surface area contributed by atoms with Crippen molar-refractivity contribution in [3.05, 3.63) is 29.8 Å². The summed E-state index contributed by atoms with van der Waals surface area (Å²) in [6.07, 6.45) is 1.19. The molecule has 1 aliphatic rings. The zero-order valence-electron chi connectivity index (χ0n) is 13.6. The minimum Gasteiger partial charge on any atom is -0.389 e. The van der Waals surface area contributed by atoms with Crippen LogP contribution in [0.2, 0.25) is 0 Å². The average Bonchev–Trinajstić information content (AvgIpc) is 2.50. The maximum absolute atomic E-state index is 12.4. The third kappa shape index (κ3) is 3.78. The average molecular weight is 306 g/mol. The van der Waals surface area contributed by atoms with Crippen LogP contribution >= 0.6 is 0 Å². The third-order valence-electron chi connectivity index (χ3n) is 4.64. The van der Waals surface area contributed by atoms with E-state index in [2.05, 4.69) is 5.32 Å². The van der Waals surface area contributed by atoms with E-state index in [0.717, 1.165) is 11.3 Å². The summed E-state index contributed by atoms with van der Waals surface area (Å²) in [5, 5.41) is 13.6. The van der Waals surface area contributed by atoms with Crippen molar-refractivity contribution in [1.29, 1.82) is 0 Å². The van der Waals surface area contributed by atoms with Gasteiger partial charge in [-0.25, -0.2) is 4.79 Å². The topological polar surface area (TPSA) is 61.8 Å². The van der Waals surface area contributed by atoms with E-state index in [1.54, 1.807) is 12.0 Å². The molecule has 1 saturated heterocycles. The minimum atomic E-state index is -0.741. The van der Waals surface area contributed by atoms with E-state index in [-0.39, 0.29) is 11.9 Å². The molecule has 0 aliphatic carbocycles. The number of piperidine rings is 1. The van der Waals surface area contributed by atoms with Crippen molar-refractivity contribution in [1.82, 2.24) is 4.90 Å². The molecule has 5 heteroatoms. The van der Waals surface area contributed by atoms with Crippen molar-refractivity contribution in [2.45, 2.75) is 32.3 Å². The van der Waals surface area contributed by atoms with E-state index in [0.29, 0.717) is 32.5 Å². The summed E-state index contributed by atoms with van der Waals surface area (Å²) in [5.74, 6) is 0.0269. The van der Waals surface area contributed by atoms with Crippen LogP contribution in [0, 0.1) is 12.8 Å². The number of hydrogen-bond donors (Lipinski definition) is 2. The van der Waals surface area contributed by atoms with Gasteiger partial charge in [0.25, 0.3) is 0 Å². The number of ether oxygens (including phenoxy) is 1. The van der Waals surface area contributed by atoms with Crippen molar-refractivity contribution < 1.29 is 14.6 Å². The number of nitrogens with zero attached hydrogens (tertiary/aromatic N) is 1. The van der Waals surface area contributed by atoms with Crippen molar-refractivity contribution in [3.8, 4) is 0 Å². The molecule has 0 aromatic heterocycles. The van der Waals surface area contributed by atoms with Gasteiger partial charge in [-0.2, -0.15) is 0 Å². The third-order valence-corrected chi connectivity index (χ3v) is 4.64. The number of amides is 2. The van der Waals surface area contributed by atoms with Crippen molar-refractivity contribution in [2.75, 3.05) is 32.1 Å². The van der Waals surface area contributed by atoms with Gasteiger partial charge in [-0.3, -0.25) is 0 Å². The molecule has 1 aromatic carbocycles. The van der Waals surface area contributed by atoms with Gasteiger partial charge in [0.1, 0.15) is 0 Å². The van der Waals surface area contributed by atoms with Crippen LogP contribution in [0.1, 0.15) is 25.3 Å². The Labute approximate surface area is 132 Å². The first-order valence-corrected chi connectivity index (χ1v) is 7.79. The van der Waals surface area contributed by atoms with Crippen LogP contribution in [0.5, 0.6) is 0 Å². The molecule has 2 atom stereocenters. The molecule has 5 nitrogen and oxygen atoms in total. The molecular weight excluding hydrogens is 280 g/mol. The number of anilines is 1. The molecule has 0 radical (unpaired) electrons. The molecule has 2 amide bonds. The van der Waals surface area contributed by atoms with Crippen molar-refractivity contribution in [2.24, 2.45) is 5.92 Å². The van der Waals surface area contributed by atoms with Gasteiger partial charge in [-0.1, -0.05) is 25.1 Å². The number of hydrogen-bond acceptors (Lipinski definition) is 3. The molecule has 1 aromatic rings. The molecule has 22 heavy (non-hydrogen) atoms. The quantitative estimate of drug-likeness (QED) is 0.899. The van der Waals surface area contributed by atoms with Crippen LogP contribution in [0.4, 0.5) is 10.5 Å².